The summed E-state index contributed by atoms with van der Waals surface area (Å²) in [6, 6.07) is 7.66. The first-order valence-corrected chi connectivity index (χ1v) is 10.5. The van der Waals surface area contributed by atoms with Gasteiger partial charge in [0.15, 0.2) is 0 Å². The Morgan fingerprint density at radius 3 is 2.53 bits per heavy atom. The zero-order valence-electron chi connectivity index (χ0n) is 18.2. The van der Waals surface area contributed by atoms with Gasteiger partial charge in [-0.1, -0.05) is 13.0 Å². The highest BCUT2D eigenvalue weighted by Crippen LogP contribution is 2.53. The van der Waals surface area contributed by atoms with Crippen molar-refractivity contribution in [1.82, 2.24) is 19.5 Å². The van der Waals surface area contributed by atoms with Crippen LogP contribution in [0.2, 0.25) is 0 Å². The number of aryl methyl sites for hydroxylation is 2. The van der Waals surface area contributed by atoms with Gasteiger partial charge in [0.2, 0.25) is 5.88 Å². The molecule has 1 fully saturated rings. The molecule has 0 N–H and O–H groups in total. The van der Waals surface area contributed by atoms with Crippen LogP contribution in [0.5, 0.6) is 5.88 Å². The second-order valence-electron chi connectivity index (χ2n) is 8.17. The number of nitrogens with zero attached hydrogens (tertiary/aromatic N) is 4. The average Bonchev–Trinajstić information content (AvgIpc) is 3.37. The summed E-state index contributed by atoms with van der Waals surface area (Å²) < 4.78 is 7.99. The summed E-state index contributed by atoms with van der Waals surface area (Å²) in [4.78, 5) is 25.7. The molecule has 0 radical (unpaired) electrons. The third kappa shape index (κ3) is 3.74. The topological polar surface area (TPSA) is 69.9 Å². The summed E-state index contributed by atoms with van der Waals surface area (Å²) in [7, 11) is 0. The number of hydrogen-bond acceptors (Lipinski definition) is 5. The molecule has 1 aliphatic carbocycles. The maximum atomic E-state index is 12.1. The van der Waals surface area contributed by atoms with Crippen molar-refractivity contribution in [2.24, 2.45) is 11.8 Å². The predicted molar refractivity (Wildman–Crippen MR) is 117 cm³/mol. The zero-order chi connectivity index (χ0) is 21.4. The van der Waals surface area contributed by atoms with E-state index in [1.165, 1.54) is 5.56 Å². The highest BCUT2D eigenvalue weighted by molar-refractivity contribution is 5.69. The number of rotatable bonds is 6. The zero-order valence-corrected chi connectivity index (χ0v) is 18.2. The van der Waals surface area contributed by atoms with E-state index in [2.05, 4.69) is 40.9 Å². The normalized spacial score (nSPS) is 20.2. The molecule has 3 unspecified atom stereocenters. The van der Waals surface area contributed by atoms with Crippen LogP contribution in [-0.4, -0.2) is 26.1 Å². The van der Waals surface area contributed by atoms with Crippen molar-refractivity contribution in [3.05, 3.63) is 69.8 Å². The molecule has 6 heteroatoms. The molecule has 0 aromatic carbocycles. The molecule has 0 saturated heterocycles. The van der Waals surface area contributed by atoms with Gasteiger partial charge < -0.3 is 9.30 Å². The van der Waals surface area contributed by atoms with Crippen LogP contribution >= 0.6 is 0 Å². The SMILES string of the molecule is CCn1c(C)c(-c2cnc(C)nc2OCC2C(C)C2c2ccc(C)cn2)ccc1=O. The van der Waals surface area contributed by atoms with Crippen molar-refractivity contribution in [3.8, 4) is 17.0 Å². The summed E-state index contributed by atoms with van der Waals surface area (Å²) in [5.41, 5.74) is 4.93. The minimum Gasteiger partial charge on any atom is -0.477 e. The molecule has 3 atom stereocenters. The minimum atomic E-state index is -0.00510. The monoisotopic (exact) mass is 404 g/mol. The fraction of sp³-hybridized carbons (Fsp3) is 0.417. The van der Waals surface area contributed by atoms with Gasteiger partial charge >= 0.3 is 0 Å². The Morgan fingerprint density at radius 1 is 1.03 bits per heavy atom. The molecule has 0 aliphatic heterocycles. The largest absolute Gasteiger partial charge is 0.477 e. The fourth-order valence-corrected chi connectivity index (χ4v) is 4.24. The number of hydrogen-bond donors (Lipinski definition) is 0. The molecular weight excluding hydrogens is 376 g/mol. The fourth-order valence-electron chi connectivity index (χ4n) is 4.24. The Balaban J connectivity index is 1.58. The first-order valence-electron chi connectivity index (χ1n) is 10.5. The number of pyridine rings is 2. The maximum Gasteiger partial charge on any atom is 0.250 e. The number of aromatic nitrogens is 4. The quantitative estimate of drug-likeness (QED) is 0.619. The van der Waals surface area contributed by atoms with Gasteiger partial charge in [0, 0.05) is 53.8 Å². The first kappa shape index (κ1) is 20.3. The van der Waals surface area contributed by atoms with Crippen LogP contribution in [0.4, 0.5) is 0 Å². The van der Waals surface area contributed by atoms with Crippen molar-refractivity contribution in [1.29, 1.82) is 0 Å². The third-order valence-corrected chi connectivity index (χ3v) is 6.18. The second kappa shape index (κ2) is 8.01. The summed E-state index contributed by atoms with van der Waals surface area (Å²) >= 11 is 0. The third-order valence-electron chi connectivity index (χ3n) is 6.18. The van der Waals surface area contributed by atoms with Gasteiger partial charge in [-0.3, -0.25) is 9.78 Å². The van der Waals surface area contributed by atoms with Crippen molar-refractivity contribution in [3.63, 3.8) is 0 Å². The molecule has 0 amide bonds. The summed E-state index contributed by atoms with van der Waals surface area (Å²) in [6.45, 7) is 11.3. The summed E-state index contributed by atoms with van der Waals surface area (Å²) in [5.74, 6) is 2.59. The Hall–Kier alpha value is -3.02. The van der Waals surface area contributed by atoms with E-state index in [9.17, 15) is 4.79 Å². The Labute approximate surface area is 177 Å². The molecule has 3 aromatic rings. The van der Waals surface area contributed by atoms with Gasteiger partial charge in [-0.15, -0.1) is 0 Å². The minimum absolute atomic E-state index is 0.00510. The lowest BCUT2D eigenvalue weighted by Crippen LogP contribution is -2.21. The van der Waals surface area contributed by atoms with Gasteiger partial charge in [0.1, 0.15) is 5.82 Å². The predicted octanol–water partition coefficient (Wildman–Crippen LogP) is 4.07. The van der Waals surface area contributed by atoms with Crippen molar-refractivity contribution in [2.45, 2.75) is 47.1 Å². The van der Waals surface area contributed by atoms with Crippen LogP contribution < -0.4 is 10.3 Å². The maximum absolute atomic E-state index is 12.1. The van der Waals surface area contributed by atoms with Crippen LogP contribution in [0.15, 0.2) is 41.5 Å². The lowest BCUT2D eigenvalue weighted by molar-refractivity contribution is 0.280. The smallest absolute Gasteiger partial charge is 0.250 e. The second-order valence-corrected chi connectivity index (χ2v) is 8.17. The highest BCUT2D eigenvalue weighted by Gasteiger charge is 2.49. The molecule has 0 spiro atoms. The Morgan fingerprint density at radius 2 is 1.83 bits per heavy atom. The van der Waals surface area contributed by atoms with Crippen LogP contribution in [0, 0.1) is 32.6 Å². The molecular formula is C24H28N4O2. The van der Waals surface area contributed by atoms with E-state index < -0.39 is 0 Å². The van der Waals surface area contributed by atoms with E-state index in [0.29, 0.717) is 42.6 Å². The Bertz CT molecular complexity index is 1120. The molecule has 6 nitrogen and oxygen atoms in total. The van der Waals surface area contributed by atoms with E-state index in [1.54, 1.807) is 16.8 Å². The average molecular weight is 405 g/mol. The van der Waals surface area contributed by atoms with Crippen LogP contribution in [0.25, 0.3) is 11.1 Å². The van der Waals surface area contributed by atoms with Crippen LogP contribution in [0.3, 0.4) is 0 Å². The van der Waals surface area contributed by atoms with Gasteiger partial charge in [-0.05, 0) is 51.3 Å². The van der Waals surface area contributed by atoms with Crippen molar-refractivity contribution < 1.29 is 4.74 Å². The molecule has 30 heavy (non-hydrogen) atoms. The molecule has 3 heterocycles. The molecule has 156 valence electrons. The highest BCUT2D eigenvalue weighted by atomic mass is 16.5. The lowest BCUT2D eigenvalue weighted by Gasteiger charge is -2.15. The van der Waals surface area contributed by atoms with E-state index in [4.69, 9.17) is 4.74 Å². The molecule has 1 saturated carbocycles. The summed E-state index contributed by atoms with van der Waals surface area (Å²) in [6.07, 6.45) is 3.72. The standard InChI is InChI=1S/C24H28N4O2/c1-6-28-16(4)18(8-10-22(28)29)19-12-25-17(5)27-24(19)30-13-20-15(3)23(20)21-9-7-14(2)11-26-21/h7-12,15,20,23H,6,13H2,1-5H3. The van der Waals surface area contributed by atoms with Gasteiger partial charge in [-0.25, -0.2) is 4.98 Å². The number of ether oxygens (including phenoxy) is 1. The van der Waals surface area contributed by atoms with Gasteiger partial charge in [0.05, 0.1) is 12.2 Å². The molecule has 3 aromatic heterocycles. The van der Waals surface area contributed by atoms with Gasteiger partial charge in [0.25, 0.3) is 5.56 Å². The van der Waals surface area contributed by atoms with Gasteiger partial charge in [-0.2, -0.15) is 4.98 Å². The van der Waals surface area contributed by atoms with E-state index in [1.807, 2.05) is 33.0 Å². The molecule has 0 bridgehead atoms. The van der Waals surface area contributed by atoms with Crippen molar-refractivity contribution in [2.75, 3.05) is 6.61 Å². The lowest BCUT2D eigenvalue weighted by atomic mass is 10.1. The van der Waals surface area contributed by atoms with E-state index >= 15 is 0 Å². The van der Waals surface area contributed by atoms with Crippen molar-refractivity contribution >= 4 is 0 Å². The first-order chi connectivity index (χ1) is 14.4. The van der Waals surface area contributed by atoms with E-state index in [-0.39, 0.29) is 5.56 Å². The Kier molecular flexibility index (Phi) is 5.41. The molecule has 1 aliphatic rings. The summed E-state index contributed by atoms with van der Waals surface area (Å²) in [5, 5.41) is 0. The van der Waals surface area contributed by atoms with Crippen LogP contribution in [0.1, 0.15) is 42.5 Å². The van der Waals surface area contributed by atoms with E-state index in [0.717, 1.165) is 22.5 Å². The molecule has 4 rings (SSSR count). The van der Waals surface area contributed by atoms with Crippen LogP contribution in [-0.2, 0) is 6.54 Å².